The van der Waals surface area contributed by atoms with Gasteiger partial charge in [-0.3, -0.25) is 14.3 Å². The average molecular weight is 417 g/mol. The lowest BCUT2D eigenvalue weighted by Crippen LogP contribution is -2.28. The summed E-state index contributed by atoms with van der Waals surface area (Å²) < 4.78 is 2.87. The molecule has 0 saturated carbocycles. The van der Waals surface area contributed by atoms with Crippen LogP contribution in [-0.2, 0) is 0 Å². The third kappa shape index (κ3) is 3.08. The topological polar surface area (TPSA) is 88.0 Å². The van der Waals surface area contributed by atoms with Gasteiger partial charge in [0.1, 0.15) is 0 Å². The number of nitrogens with one attached hydrogen (secondary N) is 2. The SMILES string of the molecule is C[C@H](NC(=O)c1cc(-c2ccc(Br)s2)[nH]n1)c1nnc2ccccn12. The predicted molar refractivity (Wildman–Crippen MR) is 98.5 cm³/mol. The lowest BCUT2D eigenvalue weighted by atomic mass is 10.2. The molecule has 0 aliphatic rings. The third-order valence-electron chi connectivity index (χ3n) is 3.72. The number of pyridine rings is 1. The van der Waals surface area contributed by atoms with E-state index in [1.807, 2.05) is 47.9 Å². The molecule has 1 amide bonds. The molecule has 0 spiro atoms. The fourth-order valence-corrected chi connectivity index (χ4v) is 3.87. The molecule has 9 heteroatoms. The largest absolute Gasteiger partial charge is 0.341 e. The molecular weight excluding hydrogens is 404 g/mol. The number of aromatic amines is 1. The van der Waals surface area contributed by atoms with Crippen molar-refractivity contribution in [2.24, 2.45) is 0 Å². The van der Waals surface area contributed by atoms with Gasteiger partial charge in [0.2, 0.25) is 0 Å². The fourth-order valence-electron chi connectivity index (χ4n) is 2.51. The van der Waals surface area contributed by atoms with Crippen LogP contribution in [0.3, 0.4) is 0 Å². The van der Waals surface area contributed by atoms with Crippen molar-refractivity contribution in [3.63, 3.8) is 0 Å². The van der Waals surface area contributed by atoms with Crippen molar-refractivity contribution < 1.29 is 4.79 Å². The number of nitrogens with zero attached hydrogens (tertiary/aromatic N) is 4. The molecule has 0 saturated heterocycles. The maximum absolute atomic E-state index is 12.5. The molecule has 0 aliphatic heterocycles. The maximum atomic E-state index is 12.5. The van der Waals surface area contributed by atoms with Crippen LogP contribution in [0.1, 0.15) is 29.3 Å². The summed E-state index contributed by atoms with van der Waals surface area (Å²) in [5.74, 6) is 0.403. The molecule has 0 radical (unpaired) electrons. The zero-order chi connectivity index (χ0) is 17.4. The summed E-state index contributed by atoms with van der Waals surface area (Å²) in [5, 5.41) is 18.2. The second-order valence-electron chi connectivity index (χ2n) is 5.45. The first kappa shape index (κ1) is 16.0. The minimum atomic E-state index is -0.305. The second-order valence-corrected chi connectivity index (χ2v) is 7.92. The predicted octanol–water partition coefficient (Wildman–Crippen LogP) is 3.43. The third-order valence-corrected chi connectivity index (χ3v) is 5.38. The molecule has 25 heavy (non-hydrogen) atoms. The van der Waals surface area contributed by atoms with Crippen molar-refractivity contribution >= 4 is 38.8 Å². The van der Waals surface area contributed by atoms with E-state index in [2.05, 4.69) is 41.6 Å². The Morgan fingerprint density at radius 3 is 3.00 bits per heavy atom. The first-order valence-corrected chi connectivity index (χ1v) is 9.14. The van der Waals surface area contributed by atoms with Gasteiger partial charge < -0.3 is 5.32 Å². The van der Waals surface area contributed by atoms with E-state index in [4.69, 9.17) is 0 Å². The highest BCUT2D eigenvalue weighted by atomic mass is 79.9. The monoisotopic (exact) mass is 416 g/mol. The molecule has 4 aromatic heterocycles. The van der Waals surface area contributed by atoms with Crippen molar-refractivity contribution in [1.29, 1.82) is 0 Å². The van der Waals surface area contributed by atoms with Gasteiger partial charge >= 0.3 is 0 Å². The van der Waals surface area contributed by atoms with E-state index >= 15 is 0 Å². The van der Waals surface area contributed by atoms with Crippen LogP contribution in [0.15, 0.2) is 46.4 Å². The fraction of sp³-hybridized carbons (Fsp3) is 0.125. The molecule has 4 aromatic rings. The Bertz CT molecular complexity index is 1050. The summed E-state index contributed by atoms with van der Waals surface area (Å²) in [4.78, 5) is 13.5. The summed E-state index contributed by atoms with van der Waals surface area (Å²) in [6, 6.07) is 11.0. The second kappa shape index (κ2) is 6.41. The van der Waals surface area contributed by atoms with Crippen molar-refractivity contribution in [2.45, 2.75) is 13.0 Å². The number of carbonyl (C=O) groups is 1. The molecular formula is C16H13BrN6OS. The van der Waals surface area contributed by atoms with Crippen LogP contribution in [0, 0.1) is 0 Å². The molecule has 0 unspecified atom stereocenters. The first-order chi connectivity index (χ1) is 12.1. The number of fused-ring (bicyclic) bond motifs is 1. The summed E-state index contributed by atoms with van der Waals surface area (Å²) in [6.45, 7) is 1.87. The van der Waals surface area contributed by atoms with Gasteiger partial charge in [-0.2, -0.15) is 5.10 Å². The molecule has 4 heterocycles. The zero-order valence-corrected chi connectivity index (χ0v) is 15.5. The molecule has 0 fully saturated rings. The standard InChI is InChI=1S/C16H13BrN6OS/c1-9(15-22-21-14-4-2-3-7-23(14)15)18-16(24)11-8-10(19-20-11)12-5-6-13(17)25-12/h2-9H,1H3,(H,18,24)(H,19,20)/t9-/m0/s1. The lowest BCUT2D eigenvalue weighted by molar-refractivity contribution is 0.0933. The van der Waals surface area contributed by atoms with Crippen LogP contribution in [0.4, 0.5) is 0 Å². The molecule has 0 aromatic carbocycles. The van der Waals surface area contributed by atoms with Crippen molar-refractivity contribution in [3.05, 3.63) is 57.9 Å². The molecule has 4 rings (SSSR count). The van der Waals surface area contributed by atoms with Crippen LogP contribution in [-0.4, -0.2) is 30.7 Å². The number of H-pyrrole nitrogens is 1. The number of amides is 1. The van der Waals surface area contributed by atoms with E-state index in [0.29, 0.717) is 11.5 Å². The van der Waals surface area contributed by atoms with Gasteiger partial charge in [-0.15, -0.1) is 21.5 Å². The molecule has 7 nitrogen and oxygen atoms in total. The molecule has 2 N–H and O–H groups in total. The maximum Gasteiger partial charge on any atom is 0.272 e. The molecule has 0 aliphatic carbocycles. The summed E-state index contributed by atoms with van der Waals surface area (Å²) in [5.41, 5.74) is 1.88. The van der Waals surface area contributed by atoms with Crippen LogP contribution in [0.25, 0.3) is 16.2 Å². The van der Waals surface area contributed by atoms with E-state index in [-0.39, 0.29) is 11.9 Å². The Morgan fingerprint density at radius 2 is 2.20 bits per heavy atom. The number of aromatic nitrogens is 5. The number of halogens is 1. The van der Waals surface area contributed by atoms with E-state index in [0.717, 1.165) is 20.0 Å². The van der Waals surface area contributed by atoms with Gasteiger partial charge in [0.15, 0.2) is 17.2 Å². The normalized spacial score (nSPS) is 12.4. The Balaban J connectivity index is 1.53. The quantitative estimate of drug-likeness (QED) is 0.533. The molecule has 126 valence electrons. The molecule has 1 atom stereocenters. The Kier molecular flexibility index (Phi) is 4.10. The summed E-state index contributed by atoms with van der Waals surface area (Å²) >= 11 is 5.00. The van der Waals surface area contributed by atoms with E-state index in [9.17, 15) is 4.79 Å². The number of hydrogen-bond acceptors (Lipinski definition) is 5. The minimum absolute atomic E-state index is 0.265. The summed E-state index contributed by atoms with van der Waals surface area (Å²) in [7, 11) is 0. The van der Waals surface area contributed by atoms with Crippen molar-refractivity contribution in [3.8, 4) is 10.6 Å². The van der Waals surface area contributed by atoms with Gasteiger partial charge in [-0.1, -0.05) is 6.07 Å². The van der Waals surface area contributed by atoms with Crippen LogP contribution < -0.4 is 5.32 Å². The van der Waals surface area contributed by atoms with E-state index < -0.39 is 0 Å². The zero-order valence-electron chi connectivity index (χ0n) is 13.1. The van der Waals surface area contributed by atoms with Crippen LogP contribution in [0.5, 0.6) is 0 Å². The Morgan fingerprint density at radius 1 is 1.32 bits per heavy atom. The number of thiophene rings is 1. The van der Waals surface area contributed by atoms with E-state index in [1.54, 1.807) is 17.4 Å². The van der Waals surface area contributed by atoms with Gasteiger partial charge in [-0.25, -0.2) is 0 Å². The van der Waals surface area contributed by atoms with Crippen LogP contribution >= 0.6 is 27.3 Å². The van der Waals surface area contributed by atoms with Gasteiger partial charge in [-0.05, 0) is 53.2 Å². The number of hydrogen-bond donors (Lipinski definition) is 2. The Labute approximate surface area is 155 Å². The smallest absolute Gasteiger partial charge is 0.272 e. The lowest BCUT2D eigenvalue weighted by Gasteiger charge is -2.11. The van der Waals surface area contributed by atoms with Gasteiger partial charge in [0.25, 0.3) is 5.91 Å². The average Bonchev–Trinajstić information content (AvgIpc) is 3.33. The molecule has 0 bridgehead atoms. The van der Waals surface area contributed by atoms with E-state index in [1.165, 1.54) is 0 Å². The van der Waals surface area contributed by atoms with Gasteiger partial charge in [0, 0.05) is 6.20 Å². The highest BCUT2D eigenvalue weighted by Crippen LogP contribution is 2.30. The minimum Gasteiger partial charge on any atom is -0.341 e. The Hall–Kier alpha value is -2.52. The number of carbonyl (C=O) groups excluding carboxylic acids is 1. The van der Waals surface area contributed by atoms with Crippen molar-refractivity contribution in [2.75, 3.05) is 0 Å². The van der Waals surface area contributed by atoms with Crippen molar-refractivity contribution in [1.82, 2.24) is 30.1 Å². The van der Waals surface area contributed by atoms with Gasteiger partial charge in [0.05, 0.1) is 20.4 Å². The highest BCUT2D eigenvalue weighted by Gasteiger charge is 2.19. The number of rotatable bonds is 4. The summed E-state index contributed by atoms with van der Waals surface area (Å²) in [6.07, 6.45) is 1.87. The highest BCUT2D eigenvalue weighted by molar-refractivity contribution is 9.11. The van der Waals surface area contributed by atoms with Crippen LogP contribution in [0.2, 0.25) is 0 Å². The first-order valence-electron chi connectivity index (χ1n) is 7.53.